The van der Waals surface area contributed by atoms with Crippen LogP contribution in [0.1, 0.15) is 17.2 Å². The average Bonchev–Trinajstić information content (AvgIpc) is 2.28. The van der Waals surface area contributed by atoms with E-state index in [1.807, 2.05) is 0 Å². The fourth-order valence-electron chi connectivity index (χ4n) is 1.71. The summed E-state index contributed by atoms with van der Waals surface area (Å²) in [6, 6.07) is 6.12. The van der Waals surface area contributed by atoms with Crippen molar-refractivity contribution in [1.29, 1.82) is 0 Å². The number of aliphatic hydroxyl groups excluding tert-OH is 1. The molecule has 1 aliphatic carbocycles. The summed E-state index contributed by atoms with van der Waals surface area (Å²) in [6.07, 6.45) is -0.288. The number of hydrogen-bond acceptors (Lipinski definition) is 3. The molecule has 17 heavy (non-hydrogen) atoms. The van der Waals surface area contributed by atoms with E-state index in [1.165, 1.54) is 12.1 Å². The van der Waals surface area contributed by atoms with E-state index in [1.54, 1.807) is 12.1 Å². The third-order valence-electron chi connectivity index (χ3n) is 2.47. The van der Waals surface area contributed by atoms with E-state index in [0.29, 0.717) is 0 Å². The zero-order chi connectivity index (χ0) is 12.6. The molecule has 2 N–H and O–H groups in total. The number of aliphatic hydroxyl groups is 1. The molecule has 0 saturated carbocycles. The van der Waals surface area contributed by atoms with Crippen molar-refractivity contribution in [3.05, 3.63) is 47.0 Å². The molecule has 0 fully saturated rings. The van der Waals surface area contributed by atoms with Crippen LogP contribution < -0.4 is 0 Å². The van der Waals surface area contributed by atoms with Gasteiger partial charge in [-0.15, -0.1) is 0 Å². The van der Waals surface area contributed by atoms with Crippen molar-refractivity contribution in [2.75, 3.05) is 0 Å². The molecule has 0 amide bonds. The number of fused-ring (bicyclic) bond motifs is 1. The zero-order valence-electron chi connectivity index (χ0n) is 8.48. The van der Waals surface area contributed by atoms with Gasteiger partial charge >= 0.3 is 5.71 Å². The Balaban J connectivity index is 2.80. The Hall–Kier alpha value is -1.79. The van der Waals surface area contributed by atoms with Crippen LogP contribution in [0.15, 0.2) is 30.3 Å². The molecule has 0 bridgehead atoms. The summed E-state index contributed by atoms with van der Waals surface area (Å²) < 4.78 is 31.4. The van der Waals surface area contributed by atoms with E-state index in [2.05, 4.69) is 4.79 Å². The summed E-state index contributed by atoms with van der Waals surface area (Å²) in [7, 11) is -4.45. The first-order valence-electron chi connectivity index (χ1n) is 4.63. The zero-order valence-corrected chi connectivity index (χ0v) is 9.29. The first-order valence-corrected chi connectivity index (χ1v) is 6.07. The van der Waals surface area contributed by atoms with Gasteiger partial charge in [0.15, 0.2) is 6.10 Å². The maximum absolute atomic E-state index is 11.2. The fraction of sp³-hybridized carbons (Fsp3) is 0.100. The van der Waals surface area contributed by atoms with Gasteiger partial charge < -0.3 is 10.6 Å². The van der Waals surface area contributed by atoms with Crippen molar-refractivity contribution in [3.63, 3.8) is 0 Å². The highest BCUT2D eigenvalue weighted by Gasteiger charge is 2.34. The second kappa shape index (κ2) is 3.90. The molecule has 0 radical (unpaired) electrons. The third-order valence-corrected chi connectivity index (χ3v) is 3.37. The Morgan fingerprint density at radius 1 is 1.29 bits per heavy atom. The van der Waals surface area contributed by atoms with Gasteiger partial charge in [0.25, 0.3) is 10.1 Å². The largest absolute Gasteiger partial charge is 0.376 e. The summed E-state index contributed by atoms with van der Waals surface area (Å²) in [5, 5.41) is 9.79. The van der Waals surface area contributed by atoms with Crippen molar-refractivity contribution in [3.8, 4) is 0 Å². The van der Waals surface area contributed by atoms with Crippen LogP contribution in [-0.2, 0) is 10.1 Å². The highest BCUT2D eigenvalue weighted by Crippen LogP contribution is 2.33. The lowest BCUT2D eigenvalue weighted by Crippen LogP contribution is -2.20. The molecule has 0 heterocycles. The van der Waals surface area contributed by atoms with Crippen LogP contribution in [0.3, 0.4) is 0 Å². The number of rotatable bonds is 1. The van der Waals surface area contributed by atoms with Gasteiger partial charge in [0.1, 0.15) is 4.91 Å². The van der Waals surface area contributed by atoms with Crippen LogP contribution in [0.2, 0.25) is 0 Å². The Labute approximate surface area is 97.2 Å². The summed E-state index contributed by atoms with van der Waals surface area (Å²) in [5.74, 6) is 0. The predicted octanol–water partition coefficient (Wildman–Crippen LogP) is 0.633. The third kappa shape index (κ3) is 1.92. The van der Waals surface area contributed by atoms with Gasteiger partial charge in [0.2, 0.25) is 0 Å². The van der Waals surface area contributed by atoms with E-state index in [4.69, 9.17) is 10.1 Å². The van der Waals surface area contributed by atoms with Crippen molar-refractivity contribution in [1.82, 2.24) is 0 Å². The Morgan fingerprint density at radius 3 is 2.53 bits per heavy atom. The van der Waals surface area contributed by atoms with Crippen LogP contribution in [-0.4, -0.2) is 28.6 Å². The first kappa shape index (κ1) is 11.7. The summed E-state index contributed by atoms with van der Waals surface area (Å²) in [4.78, 5) is 2.41. The molecular weight excluding hydrogens is 244 g/mol. The Kier molecular flexibility index (Phi) is 2.68. The second-order valence-electron chi connectivity index (χ2n) is 3.50. The van der Waals surface area contributed by atoms with Crippen LogP contribution in [0, 0.1) is 0 Å². The minimum atomic E-state index is -4.45. The summed E-state index contributed by atoms with van der Waals surface area (Å²) in [5.41, 5.74) is 8.89. The van der Waals surface area contributed by atoms with E-state index in [9.17, 15) is 13.5 Å². The van der Waals surface area contributed by atoms with Gasteiger partial charge in [-0.3, -0.25) is 4.55 Å². The molecule has 1 aromatic rings. The van der Waals surface area contributed by atoms with Gasteiger partial charge in [-0.05, 0) is 0 Å². The van der Waals surface area contributed by atoms with E-state index in [-0.39, 0.29) is 16.8 Å². The predicted molar refractivity (Wildman–Crippen MR) is 59.6 cm³/mol. The Morgan fingerprint density at radius 2 is 1.94 bits per heavy atom. The Bertz CT molecular complexity index is 657. The molecule has 6 nitrogen and oxygen atoms in total. The van der Waals surface area contributed by atoms with Crippen molar-refractivity contribution in [2.45, 2.75) is 6.10 Å². The van der Waals surface area contributed by atoms with Crippen molar-refractivity contribution >= 4 is 20.7 Å². The van der Waals surface area contributed by atoms with Crippen molar-refractivity contribution in [2.24, 2.45) is 0 Å². The van der Waals surface area contributed by atoms with Crippen LogP contribution in [0.25, 0.3) is 10.4 Å². The molecule has 0 spiro atoms. The van der Waals surface area contributed by atoms with Gasteiger partial charge in [-0.1, -0.05) is 24.3 Å². The fourth-order valence-corrected chi connectivity index (χ4v) is 2.44. The minimum Gasteiger partial charge on any atom is -0.376 e. The van der Waals surface area contributed by atoms with Gasteiger partial charge in [-0.2, -0.15) is 13.2 Å². The van der Waals surface area contributed by atoms with Crippen LogP contribution in [0.5, 0.6) is 0 Å². The number of benzene rings is 1. The quantitative estimate of drug-likeness (QED) is 0.433. The summed E-state index contributed by atoms with van der Waals surface area (Å²) >= 11 is 0. The molecule has 7 heteroatoms. The van der Waals surface area contributed by atoms with Crippen molar-refractivity contribution < 1.29 is 22.9 Å². The van der Waals surface area contributed by atoms with Gasteiger partial charge in [0, 0.05) is 17.2 Å². The van der Waals surface area contributed by atoms with Gasteiger partial charge in [0.05, 0.1) is 0 Å². The molecule has 1 aliphatic rings. The smallest absolute Gasteiger partial charge is 0.326 e. The molecular formula is C10H8N2O4S. The van der Waals surface area contributed by atoms with E-state index < -0.39 is 21.1 Å². The monoisotopic (exact) mass is 252 g/mol. The number of nitrogens with zero attached hydrogens (tertiary/aromatic N) is 2. The summed E-state index contributed by atoms with van der Waals surface area (Å²) in [6.45, 7) is 0. The topological polar surface area (TPSA) is 111 Å². The second-order valence-corrected chi connectivity index (χ2v) is 4.89. The van der Waals surface area contributed by atoms with E-state index >= 15 is 0 Å². The molecule has 2 rings (SSSR count). The van der Waals surface area contributed by atoms with Gasteiger partial charge in [-0.25, -0.2) is 0 Å². The lowest BCUT2D eigenvalue weighted by Gasteiger charge is -2.17. The molecule has 0 aliphatic heterocycles. The molecule has 1 atom stereocenters. The molecule has 88 valence electrons. The van der Waals surface area contributed by atoms with Crippen LogP contribution >= 0.6 is 0 Å². The standard InChI is InChI=1S/C10H8N2O4S/c11-12-8-5-9(17(14,15)16)6-3-1-2-4-7(6)10(8)13/h1-5,10,13H,(H,14,15,16)/t10-/m0/s1. The molecule has 0 aromatic heterocycles. The lowest BCUT2D eigenvalue weighted by molar-refractivity contribution is -0.0188. The average molecular weight is 252 g/mol. The minimum absolute atomic E-state index is 0.190. The maximum Gasteiger partial charge on any atom is 0.326 e. The highest BCUT2D eigenvalue weighted by atomic mass is 32.2. The highest BCUT2D eigenvalue weighted by molar-refractivity contribution is 7.95. The maximum atomic E-state index is 11.2. The SMILES string of the molecule is [N-]=[N+]=C1C=C(S(=O)(=O)O)c2ccccc2[C@@H]1O. The van der Waals surface area contributed by atoms with Crippen LogP contribution in [0.4, 0.5) is 0 Å². The van der Waals surface area contributed by atoms with E-state index in [0.717, 1.165) is 6.08 Å². The molecule has 1 aromatic carbocycles. The molecule has 0 unspecified atom stereocenters. The molecule has 0 saturated heterocycles. The number of hydrogen-bond donors (Lipinski definition) is 2. The lowest BCUT2D eigenvalue weighted by atomic mass is 9.93. The first-order chi connectivity index (χ1) is 7.95. The normalized spacial score (nSPS) is 19.3.